The van der Waals surface area contributed by atoms with Crippen LogP contribution >= 0.6 is 0 Å². The van der Waals surface area contributed by atoms with Crippen LogP contribution in [0.15, 0.2) is 0 Å². The van der Waals surface area contributed by atoms with E-state index in [1.165, 1.54) is 0 Å². The number of rotatable bonds is 4. The molecule has 0 saturated heterocycles. The Labute approximate surface area is 53.0 Å². The lowest BCUT2D eigenvalue weighted by atomic mass is 10.3. The lowest BCUT2D eigenvalue weighted by Gasteiger charge is -2.07. The summed E-state index contributed by atoms with van der Waals surface area (Å²) in [7, 11) is 0. The Morgan fingerprint density at radius 1 is 1.56 bits per heavy atom. The highest BCUT2D eigenvalue weighted by Crippen LogP contribution is 1.96. The number of hydrogen-bond donors (Lipinski definition) is 1. The predicted octanol–water partition coefficient (Wildman–Crippen LogP) is 0.963. The Morgan fingerprint density at radius 3 is 2.44 bits per heavy atom. The highest BCUT2D eigenvalue weighted by Gasteiger charge is 2.04. The minimum absolute atomic E-state index is 0.0613. The van der Waals surface area contributed by atoms with E-state index < -0.39 is 6.61 Å². The second-order valence-electron chi connectivity index (χ2n) is 1.76. The minimum atomic E-state index is -2.69. The van der Waals surface area contributed by atoms with E-state index >= 15 is 0 Å². The molecule has 0 heterocycles. The van der Waals surface area contributed by atoms with Gasteiger partial charge in [-0.15, -0.1) is 0 Å². The van der Waals surface area contributed by atoms with E-state index in [4.69, 9.17) is 5.73 Å². The quantitative estimate of drug-likeness (QED) is 0.629. The molecular weight excluding hydrogens is 128 g/mol. The lowest BCUT2D eigenvalue weighted by molar-refractivity contribution is -0.132. The summed E-state index contributed by atoms with van der Waals surface area (Å²) < 4.78 is 26.4. The van der Waals surface area contributed by atoms with Gasteiger partial charge in [-0.05, 0) is 6.42 Å². The van der Waals surface area contributed by atoms with Crippen molar-refractivity contribution in [2.24, 2.45) is 5.73 Å². The van der Waals surface area contributed by atoms with Gasteiger partial charge in [-0.2, -0.15) is 8.78 Å². The first-order valence-electron chi connectivity index (χ1n) is 2.82. The molecule has 0 aliphatic carbocycles. The van der Waals surface area contributed by atoms with Crippen LogP contribution in [0.5, 0.6) is 0 Å². The zero-order chi connectivity index (χ0) is 7.28. The van der Waals surface area contributed by atoms with Gasteiger partial charge >= 0.3 is 6.61 Å². The Hall–Kier alpha value is -0.220. The highest BCUT2D eigenvalue weighted by molar-refractivity contribution is 4.54. The average Bonchev–Trinajstić information content (AvgIpc) is 1.83. The summed E-state index contributed by atoms with van der Waals surface area (Å²) in [4.78, 5) is 0. The van der Waals surface area contributed by atoms with Crippen LogP contribution in [0.3, 0.4) is 0 Å². The molecule has 0 spiro atoms. The molecule has 0 amide bonds. The van der Waals surface area contributed by atoms with Crippen LogP contribution in [0.2, 0.25) is 0 Å². The van der Waals surface area contributed by atoms with Crippen molar-refractivity contribution in [3.05, 3.63) is 0 Å². The summed E-state index contributed by atoms with van der Waals surface area (Å²) in [5.74, 6) is 0. The van der Waals surface area contributed by atoms with E-state index in [9.17, 15) is 8.78 Å². The number of hydrogen-bond acceptors (Lipinski definition) is 2. The maximum atomic E-state index is 11.3. The molecule has 0 aromatic carbocycles. The summed E-state index contributed by atoms with van der Waals surface area (Å²) in [5.41, 5.74) is 5.26. The third-order valence-electron chi connectivity index (χ3n) is 0.961. The minimum Gasteiger partial charge on any atom is -0.326 e. The van der Waals surface area contributed by atoms with Crippen molar-refractivity contribution in [2.75, 3.05) is 6.61 Å². The second kappa shape index (κ2) is 4.64. The summed E-state index contributed by atoms with van der Waals surface area (Å²) in [5, 5.41) is 0. The van der Waals surface area contributed by atoms with Crippen LogP contribution in [0.4, 0.5) is 8.78 Å². The molecule has 0 radical (unpaired) electrons. The molecule has 9 heavy (non-hydrogen) atoms. The van der Waals surface area contributed by atoms with Crippen molar-refractivity contribution < 1.29 is 13.5 Å². The fraction of sp³-hybridized carbons (Fsp3) is 1.00. The topological polar surface area (TPSA) is 35.2 Å². The van der Waals surface area contributed by atoms with Crippen molar-refractivity contribution in [1.29, 1.82) is 0 Å². The van der Waals surface area contributed by atoms with Crippen molar-refractivity contribution in [3.63, 3.8) is 0 Å². The predicted molar refractivity (Wildman–Crippen MR) is 30.2 cm³/mol. The molecule has 0 aliphatic heterocycles. The smallest absolute Gasteiger partial charge is 0.326 e. The molecule has 0 aromatic rings. The largest absolute Gasteiger partial charge is 0.345 e. The molecule has 0 bridgehead atoms. The Bertz CT molecular complexity index is 70.0. The van der Waals surface area contributed by atoms with Crippen LogP contribution < -0.4 is 5.73 Å². The molecule has 1 atom stereocenters. The molecule has 0 aliphatic rings. The third kappa shape index (κ3) is 5.65. The van der Waals surface area contributed by atoms with E-state index in [0.717, 1.165) is 0 Å². The van der Waals surface area contributed by atoms with E-state index in [1.807, 2.05) is 6.92 Å². The van der Waals surface area contributed by atoms with Crippen molar-refractivity contribution in [2.45, 2.75) is 26.0 Å². The average molecular weight is 139 g/mol. The molecule has 4 heteroatoms. The van der Waals surface area contributed by atoms with Crippen LogP contribution in [-0.4, -0.2) is 19.3 Å². The number of alkyl halides is 2. The normalized spacial score (nSPS) is 14.3. The van der Waals surface area contributed by atoms with E-state index in [2.05, 4.69) is 4.74 Å². The van der Waals surface area contributed by atoms with Gasteiger partial charge in [0.1, 0.15) is 0 Å². The fourth-order valence-electron chi connectivity index (χ4n) is 0.314. The zero-order valence-electron chi connectivity index (χ0n) is 5.31. The Balaban J connectivity index is 3.06. The van der Waals surface area contributed by atoms with Crippen molar-refractivity contribution in [3.8, 4) is 0 Å². The first kappa shape index (κ1) is 8.78. The maximum absolute atomic E-state index is 11.3. The molecule has 0 aromatic heterocycles. The van der Waals surface area contributed by atoms with Gasteiger partial charge in [0.15, 0.2) is 0 Å². The van der Waals surface area contributed by atoms with Crippen LogP contribution in [0, 0.1) is 0 Å². The number of ether oxygens (including phenoxy) is 1. The second-order valence-corrected chi connectivity index (χ2v) is 1.76. The van der Waals surface area contributed by atoms with E-state index in [0.29, 0.717) is 6.42 Å². The van der Waals surface area contributed by atoms with Crippen LogP contribution in [0.25, 0.3) is 0 Å². The molecule has 56 valence electrons. The fourth-order valence-corrected chi connectivity index (χ4v) is 0.314. The summed E-state index contributed by atoms with van der Waals surface area (Å²) >= 11 is 0. The maximum Gasteiger partial charge on any atom is 0.345 e. The van der Waals surface area contributed by atoms with Gasteiger partial charge in [0, 0.05) is 6.04 Å². The van der Waals surface area contributed by atoms with Gasteiger partial charge in [-0.1, -0.05) is 6.92 Å². The molecule has 0 fully saturated rings. The van der Waals surface area contributed by atoms with Gasteiger partial charge in [0.25, 0.3) is 0 Å². The van der Waals surface area contributed by atoms with Crippen LogP contribution in [0.1, 0.15) is 13.3 Å². The van der Waals surface area contributed by atoms with Crippen molar-refractivity contribution >= 4 is 0 Å². The molecule has 0 unspecified atom stereocenters. The SMILES string of the molecule is CC[C@@H](N)COC(F)F. The molecule has 0 saturated carbocycles. The number of nitrogens with two attached hydrogens (primary N) is 1. The Morgan fingerprint density at radius 2 is 2.11 bits per heavy atom. The summed E-state index contributed by atoms with van der Waals surface area (Å²) in [6.07, 6.45) is 0.659. The third-order valence-corrected chi connectivity index (χ3v) is 0.961. The zero-order valence-corrected chi connectivity index (χ0v) is 5.31. The highest BCUT2D eigenvalue weighted by atomic mass is 19.3. The number of halogens is 2. The van der Waals surface area contributed by atoms with E-state index in [-0.39, 0.29) is 12.6 Å². The first-order valence-corrected chi connectivity index (χ1v) is 2.82. The lowest BCUT2D eigenvalue weighted by Crippen LogP contribution is -2.26. The van der Waals surface area contributed by atoms with Crippen molar-refractivity contribution in [1.82, 2.24) is 0 Å². The molecule has 2 N–H and O–H groups in total. The van der Waals surface area contributed by atoms with Gasteiger partial charge in [0.2, 0.25) is 0 Å². The molecule has 0 rings (SSSR count). The summed E-state index contributed by atoms with van der Waals surface area (Å²) in [6.45, 7) is -0.934. The molecule has 2 nitrogen and oxygen atoms in total. The van der Waals surface area contributed by atoms with Gasteiger partial charge < -0.3 is 10.5 Å². The van der Waals surface area contributed by atoms with Gasteiger partial charge in [-0.3, -0.25) is 0 Å². The first-order chi connectivity index (χ1) is 4.16. The molecular formula is C5H11F2NO. The summed E-state index contributed by atoms with van der Waals surface area (Å²) in [6, 6.07) is -0.265. The van der Waals surface area contributed by atoms with Gasteiger partial charge in [0.05, 0.1) is 6.61 Å². The van der Waals surface area contributed by atoms with E-state index in [1.54, 1.807) is 0 Å². The monoisotopic (exact) mass is 139 g/mol. The van der Waals surface area contributed by atoms with Gasteiger partial charge in [-0.25, -0.2) is 0 Å². The standard InChI is InChI=1S/C5H11F2NO/c1-2-4(8)3-9-5(6)7/h4-5H,2-3,8H2,1H3/t4-/m1/s1. The Kier molecular flexibility index (Phi) is 4.53. The van der Waals surface area contributed by atoms with Crippen LogP contribution in [-0.2, 0) is 4.74 Å².